The zero-order valence-corrected chi connectivity index (χ0v) is 11.4. The normalized spacial score (nSPS) is 10.2. The van der Waals surface area contributed by atoms with E-state index in [9.17, 15) is 4.79 Å². The predicted molar refractivity (Wildman–Crippen MR) is 74.0 cm³/mol. The number of nitrogens with one attached hydrogen (secondary N) is 1. The second-order valence-corrected chi connectivity index (χ2v) is 4.30. The maximum atomic E-state index is 12.3. The van der Waals surface area contributed by atoms with E-state index in [2.05, 4.69) is 5.32 Å². The van der Waals surface area contributed by atoms with Crippen LogP contribution < -0.4 is 5.32 Å². The topological polar surface area (TPSA) is 52.6 Å². The zero-order chi connectivity index (χ0) is 13.5. The first-order valence-electron chi connectivity index (χ1n) is 6.32. The summed E-state index contributed by atoms with van der Waals surface area (Å²) in [5, 5.41) is 12.1. The minimum atomic E-state index is -0.00828. The molecule has 0 aliphatic carbocycles. The molecule has 1 aromatic rings. The van der Waals surface area contributed by atoms with Crippen molar-refractivity contribution in [1.82, 2.24) is 4.90 Å². The number of hydrogen-bond donors (Lipinski definition) is 2. The van der Waals surface area contributed by atoms with Gasteiger partial charge in [-0.1, -0.05) is 6.92 Å². The van der Waals surface area contributed by atoms with Gasteiger partial charge in [-0.05, 0) is 37.1 Å². The Hall–Kier alpha value is -1.55. The van der Waals surface area contributed by atoms with Crippen molar-refractivity contribution in [1.29, 1.82) is 0 Å². The SMILES string of the molecule is CCCN(CCO)C(=O)c1ccc(NC)cc1C. The number of nitrogens with zero attached hydrogens (tertiary/aromatic N) is 1. The van der Waals surface area contributed by atoms with E-state index in [4.69, 9.17) is 5.11 Å². The molecule has 0 aliphatic rings. The summed E-state index contributed by atoms with van der Waals surface area (Å²) in [6.07, 6.45) is 0.888. The largest absolute Gasteiger partial charge is 0.395 e. The maximum Gasteiger partial charge on any atom is 0.254 e. The molecule has 0 bridgehead atoms. The van der Waals surface area contributed by atoms with Crippen molar-refractivity contribution in [2.75, 3.05) is 32.1 Å². The van der Waals surface area contributed by atoms with Gasteiger partial charge in [0.2, 0.25) is 0 Å². The molecular weight excluding hydrogens is 228 g/mol. The molecule has 0 heterocycles. The van der Waals surface area contributed by atoms with Crippen molar-refractivity contribution in [2.45, 2.75) is 20.3 Å². The second-order valence-electron chi connectivity index (χ2n) is 4.30. The molecule has 0 saturated carbocycles. The van der Waals surface area contributed by atoms with Crippen molar-refractivity contribution < 1.29 is 9.90 Å². The van der Waals surface area contributed by atoms with Crippen LogP contribution in [0.2, 0.25) is 0 Å². The molecule has 0 saturated heterocycles. The van der Waals surface area contributed by atoms with E-state index in [-0.39, 0.29) is 12.5 Å². The Morgan fingerprint density at radius 1 is 1.39 bits per heavy atom. The van der Waals surface area contributed by atoms with Crippen molar-refractivity contribution in [2.24, 2.45) is 0 Å². The van der Waals surface area contributed by atoms with Crippen LogP contribution >= 0.6 is 0 Å². The standard InChI is InChI=1S/C14H22N2O2/c1-4-7-16(8-9-17)14(18)13-6-5-12(15-3)10-11(13)2/h5-6,10,15,17H,4,7-9H2,1-3H3. The van der Waals surface area contributed by atoms with E-state index in [0.29, 0.717) is 18.7 Å². The summed E-state index contributed by atoms with van der Waals surface area (Å²) in [5.41, 5.74) is 2.65. The van der Waals surface area contributed by atoms with E-state index < -0.39 is 0 Å². The lowest BCUT2D eigenvalue weighted by Gasteiger charge is -2.22. The second kappa shape index (κ2) is 7.01. The first-order chi connectivity index (χ1) is 8.63. The van der Waals surface area contributed by atoms with Gasteiger partial charge in [0.1, 0.15) is 0 Å². The van der Waals surface area contributed by atoms with E-state index in [1.165, 1.54) is 0 Å². The zero-order valence-electron chi connectivity index (χ0n) is 11.4. The van der Waals surface area contributed by atoms with Crippen LogP contribution in [0.25, 0.3) is 0 Å². The molecule has 18 heavy (non-hydrogen) atoms. The van der Waals surface area contributed by atoms with Gasteiger partial charge in [-0.2, -0.15) is 0 Å². The number of anilines is 1. The molecule has 100 valence electrons. The van der Waals surface area contributed by atoms with Gasteiger partial charge in [-0.25, -0.2) is 0 Å². The Morgan fingerprint density at radius 3 is 2.61 bits per heavy atom. The molecule has 0 aromatic heterocycles. The van der Waals surface area contributed by atoms with Crippen LogP contribution in [0, 0.1) is 6.92 Å². The molecule has 2 N–H and O–H groups in total. The van der Waals surface area contributed by atoms with Crippen molar-refractivity contribution >= 4 is 11.6 Å². The molecule has 1 aromatic carbocycles. The molecule has 0 aliphatic heterocycles. The number of benzene rings is 1. The lowest BCUT2D eigenvalue weighted by atomic mass is 10.1. The van der Waals surface area contributed by atoms with Crippen LogP contribution in [0.4, 0.5) is 5.69 Å². The van der Waals surface area contributed by atoms with Gasteiger partial charge in [-0.15, -0.1) is 0 Å². The summed E-state index contributed by atoms with van der Waals surface area (Å²) < 4.78 is 0. The van der Waals surface area contributed by atoms with Gasteiger partial charge < -0.3 is 15.3 Å². The number of aryl methyl sites for hydroxylation is 1. The molecule has 0 spiro atoms. The van der Waals surface area contributed by atoms with Crippen LogP contribution in [0.15, 0.2) is 18.2 Å². The van der Waals surface area contributed by atoms with Gasteiger partial charge in [0.05, 0.1) is 6.61 Å². The minimum Gasteiger partial charge on any atom is -0.395 e. The highest BCUT2D eigenvalue weighted by Gasteiger charge is 2.16. The van der Waals surface area contributed by atoms with Crippen molar-refractivity contribution in [3.63, 3.8) is 0 Å². The van der Waals surface area contributed by atoms with E-state index >= 15 is 0 Å². The first kappa shape index (κ1) is 14.5. The third-order valence-electron chi connectivity index (χ3n) is 2.90. The Bertz CT molecular complexity index is 399. The lowest BCUT2D eigenvalue weighted by Crippen LogP contribution is -2.34. The monoisotopic (exact) mass is 250 g/mol. The number of aliphatic hydroxyl groups is 1. The summed E-state index contributed by atoms with van der Waals surface area (Å²) in [7, 11) is 1.85. The first-order valence-corrected chi connectivity index (χ1v) is 6.32. The smallest absolute Gasteiger partial charge is 0.254 e. The minimum absolute atomic E-state index is 0.000608. The summed E-state index contributed by atoms with van der Waals surface area (Å²) in [6, 6.07) is 5.68. The highest BCUT2D eigenvalue weighted by molar-refractivity contribution is 5.96. The molecular formula is C14H22N2O2. The molecule has 1 rings (SSSR count). The van der Waals surface area contributed by atoms with Crippen LogP contribution in [0.3, 0.4) is 0 Å². The fraction of sp³-hybridized carbons (Fsp3) is 0.500. The fourth-order valence-corrected chi connectivity index (χ4v) is 1.94. The lowest BCUT2D eigenvalue weighted by molar-refractivity contribution is 0.0721. The van der Waals surface area contributed by atoms with Gasteiger partial charge >= 0.3 is 0 Å². The average molecular weight is 250 g/mol. The molecule has 1 amide bonds. The Balaban J connectivity index is 2.93. The quantitative estimate of drug-likeness (QED) is 0.810. The molecule has 0 fully saturated rings. The van der Waals surface area contributed by atoms with Crippen LogP contribution in [-0.2, 0) is 0 Å². The van der Waals surface area contributed by atoms with Gasteiger partial charge in [-0.3, -0.25) is 4.79 Å². The van der Waals surface area contributed by atoms with Crippen LogP contribution in [0.1, 0.15) is 29.3 Å². The van der Waals surface area contributed by atoms with E-state index in [1.54, 1.807) is 4.90 Å². The van der Waals surface area contributed by atoms with Gasteiger partial charge in [0.15, 0.2) is 0 Å². The van der Waals surface area contributed by atoms with E-state index in [0.717, 1.165) is 17.7 Å². The molecule has 4 heteroatoms. The van der Waals surface area contributed by atoms with Gasteiger partial charge in [0.25, 0.3) is 5.91 Å². The number of carbonyl (C=O) groups is 1. The highest BCUT2D eigenvalue weighted by Crippen LogP contribution is 2.16. The molecule has 0 unspecified atom stereocenters. The molecule has 0 atom stereocenters. The Kier molecular flexibility index (Phi) is 5.65. The number of rotatable bonds is 6. The third kappa shape index (κ3) is 3.47. The number of aliphatic hydroxyl groups excluding tert-OH is 1. The molecule has 0 radical (unpaired) electrons. The third-order valence-corrected chi connectivity index (χ3v) is 2.90. The molecule has 4 nitrogen and oxygen atoms in total. The van der Waals surface area contributed by atoms with Crippen molar-refractivity contribution in [3.8, 4) is 0 Å². The highest BCUT2D eigenvalue weighted by atomic mass is 16.3. The van der Waals surface area contributed by atoms with Crippen LogP contribution in [-0.4, -0.2) is 42.7 Å². The number of amides is 1. The summed E-state index contributed by atoms with van der Waals surface area (Å²) in [4.78, 5) is 14.0. The van der Waals surface area contributed by atoms with Crippen molar-refractivity contribution in [3.05, 3.63) is 29.3 Å². The Labute approximate surface area is 109 Å². The average Bonchev–Trinajstić information content (AvgIpc) is 2.37. The number of carbonyl (C=O) groups excluding carboxylic acids is 1. The van der Waals surface area contributed by atoms with Crippen LogP contribution in [0.5, 0.6) is 0 Å². The predicted octanol–water partition coefficient (Wildman–Crippen LogP) is 1.88. The summed E-state index contributed by atoms with van der Waals surface area (Å²) in [5.74, 6) is -0.00828. The van der Waals surface area contributed by atoms with Gasteiger partial charge in [0, 0.05) is 31.4 Å². The summed E-state index contributed by atoms with van der Waals surface area (Å²) >= 11 is 0. The fourth-order valence-electron chi connectivity index (χ4n) is 1.94. The summed E-state index contributed by atoms with van der Waals surface area (Å²) in [6.45, 7) is 5.01. The van der Waals surface area contributed by atoms with E-state index in [1.807, 2.05) is 39.1 Å². The Morgan fingerprint density at radius 2 is 2.11 bits per heavy atom. The number of hydrogen-bond acceptors (Lipinski definition) is 3. The maximum absolute atomic E-state index is 12.3.